The van der Waals surface area contributed by atoms with Crippen LogP contribution in [0.3, 0.4) is 0 Å². The zero-order valence-electron chi connectivity index (χ0n) is 10.8. The third-order valence-electron chi connectivity index (χ3n) is 2.98. The minimum absolute atomic E-state index is 0.607. The number of aromatic nitrogens is 1. The standard InChI is InChI=1S/C13H20ClN3/c1-9(2)8-17(3)13-11(14)6-10-7-15-5-4-12(10)16-13/h6,9,15H,4-5,7-8H2,1-3H3. The normalized spacial score (nSPS) is 14.9. The number of hydrogen-bond acceptors (Lipinski definition) is 3. The van der Waals surface area contributed by atoms with Crippen LogP contribution in [0.1, 0.15) is 25.1 Å². The van der Waals surface area contributed by atoms with Crippen LogP contribution in [0.25, 0.3) is 0 Å². The van der Waals surface area contributed by atoms with Crippen LogP contribution in [0.2, 0.25) is 5.02 Å². The van der Waals surface area contributed by atoms with Gasteiger partial charge in [-0.05, 0) is 17.5 Å². The van der Waals surface area contributed by atoms with Crippen molar-refractivity contribution in [2.75, 3.05) is 25.0 Å². The summed E-state index contributed by atoms with van der Waals surface area (Å²) in [4.78, 5) is 6.87. The number of fused-ring (bicyclic) bond motifs is 1. The van der Waals surface area contributed by atoms with Crippen molar-refractivity contribution in [1.82, 2.24) is 10.3 Å². The molecular formula is C13H20ClN3. The number of nitrogens with zero attached hydrogens (tertiary/aromatic N) is 2. The van der Waals surface area contributed by atoms with E-state index < -0.39 is 0 Å². The van der Waals surface area contributed by atoms with Gasteiger partial charge in [0.2, 0.25) is 0 Å². The highest BCUT2D eigenvalue weighted by atomic mass is 35.5. The van der Waals surface area contributed by atoms with Crippen LogP contribution in [0.15, 0.2) is 6.07 Å². The molecule has 0 aromatic carbocycles. The van der Waals surface area contributed by atoms with Gasteiger partial charge in [0.05, 0.1) is 5.02 Å². The number of nitrogens with one attached hydrogen (secondary N) is 1. The number of halogens is 1. The van der Waals surface area contributed by atoms with E-state index in [0.717, 1.165) is 36.9 Å². The summed E-state index contributed by atoms with van der Waals surface area (Å²) in [6, 6.07) is 2.06. The Morgan fingerprint density at radius 1 is 1.53 bits per heavy atom. The first-order valence-electron chi connectivity index (χ1n) is 6.18. The molecule has 2 heterocycles. The molecule has 1 aliphatic rings. The first-order chi connectivity index (χ1) is 8.08. The molecule has 4 heteroatoms. The molecule has 0 saturated carbocycles. The predicted octanol–water partition coefficient (Wildman–Crippen LogP) is 2.47. The maximum absolute atomic E-state index is 6.31. The van der Waals surface area contributed by atoms with E-state index in [9.17, 15) is 0 Å². The van der Waals surface area contributed by atoms with Crippen molar-refractivity contribution in [3.63, 3.8) is 0 Å². The molecule has 0 fully saturated rings. The summed E-state index contributed by atoms with van der Waals surface area (Å²) in [6.45, 7) is 7.27. The van der Waals surface area contributed by atoms with Crippen LogP contribution in [0.5, 0.6) is 0 Å². The fraction of sp³-hybridized carbons (Fsp3) is 0.615. The molecule has 3 nitrogen and oxygen atoms in total. The van der Waals surface area contributed by atoms with Gasteiger partial charge in [-0.25, -0.2) is 4.98 Å². The highest BCUT2D eigenvalue weighted by Crippen LogP contribution is 2.27. The molecule has 0 amide bonds. The van der Waals surface area contributed by atoms with E-state index >= 15 is 0 Å². The van der Waals surface area contributed by atoms with Gasteiger partial charge in [-0.2, -0.15) is 0 Å². The summed E-state index contributed by atoms with van der Waals surface area (Å²) in [7, 11) is 2.06. The topological polar surface area (TPSA) is 28.2 Å². The molecule has 0 unspecified atom stereocenters. The molecule has 1 N–H and O–H groups in total. The SMILES string of the molecule is CC(C)CN(C)c1nc2c(cc1Cl)CNCC2. The average Bonchev–Trinajstić information content (AvgIpc) is 2.27. The van der Waals surface area contributed by atoms with Gasteiger partial charge in [0, 0.05) is 38.8 Å². The Hall–Kier alpha value is -0.800. The Labute approximate surface area is 108 Å². The number of hydrogen-bond donors (Lipinski definition) is 1. The summed E-state index contributed by atoms with van der Waals surface area (Å²) in [5, 5.41) is 4.10. The van der Waals surface area contributed by atoms with Crippen molar-refractivity contribution < 1.29 is 0 Å². The molecule has 0 spiro atoms. The molecule has 0 saturated heterocycles. The summed E-state index contributed by atoms with van der Waals surface area (Å²) in [5.41, 5.74) is 2.43. The Balaban J connectivity index is 2.28. The third kappa shape index (κ3) is 2.90. The zero-order valence-corrected chi connectivity index (χ0v) is 11.5. The third-order valence-corrected chi connectivity index (χ3v) is 3.26. The van der Waals surface area contributed by atoms with E-state index in [1.54, 1.807) is 0 Å². The molecule has 1 aromatic rings. The monoisotopic (exact) mass is 253 g/mol. The highest BCUT2D eigenvalue weighted by molar-refractivity contribution is 6.33. The second-order valence-corrected chi connectivity index (χ2v) is 5.51. The van der Waals surface area contributed by atoms with Crippen molar-refractivity contribution in [1.29, 1.82) is 0 Å². The van der Waals surface area contributed by atoms with Crippen LogP contribution in [0, 0.1) is 5.92 Å². The highest BCUT2D eigenvalue weighted by Gasteiger charge is 2.16. The molecule has 0 atom stereocenters. The van der Waals surface area contributed by atoms with E-state index in [1.165, 1.54) is 11.3 Å². The summed E-state index contributed by atoms with van der Waals surface area (Å²) < 4.78 is 0. The number of anilines is 1. The second-order valence-electron chi connectivity index (χ2n) is 5.10. The Kier molecular flexibility index (Phi) is 3.89. The van der Waals surface area contributed by atoms with Gasteiger partial charge < -0.3 is 10.2 Å². The zero-order chi connectivity index (χ0) is 12.4. The van der Waals surface area contributed by atoms with Gasteiger partial charge in [0.15, 0.2) is 0 Å². The lowest BCUT2D eigenvalue weighted by Gasteiger charge is -2.24. The Bertz CT molecular complexity index is 404. The average molecular weight is 254 g/mol. The second kappa shape index (κ2) is 5.23. The van der Waals surface area contributed by atoms with E-state index in [2.05, 4.69) is 37.2 Å². The molecule has 0 bridgehead atoms. The summed E-state index contributed by atoms with van der Waals surface area (Å²) >= 11 is 6.31. The van der Waals surface area contributed by atoms with Crippen molar-refractivity contribution in [2.45, 2.75) is 26.8 Å². The van der Waals surface area contributed by atoms with Crippen LogP contribution in [0.4, 0.5) is 5.82 Å². The van der Waals surface area contributed by atoms with Crippen molar-refractivity contribution in [3.8, 4) is 0 Å². The van der Waals surface area contributed by atoms with E-state index in [0.29, 0.717) is 5.92 Å². The van der Waals surface area contributed by atoms with Crippen molar-refractivity contribution in [2.24, 2.45) is 5.92 Å². The van der Waals surface area contributed by atoms with Crippen molar-refractivity contribution in [3.05, 3.63) is 22.3 Å². The maximum atomic E-state index is 6.31. The first kappa shape index (κ1) is 12.7. The summed E-state index contributed by atoms with van der Waals surface area (Å²) in [6.07, 6.45) is 0.995. The lowest BCUT2D eigenvalue weighted by atomic mass is 10.1. The van der Waals surface area contributed by atoms with Gasteiger partial charge in [0.1, 0.15) is 5.82 Å². The fourth-order valence-corrected chi connectivity index (χ4v) is 2.57. The first-order valence-corrected chi connectivity index (χ1v) is 6.56. The molecule has 94 valence electrons. The Morgan fingerprint density at radius 3 is 3.00 bits per heavy atom. The van der Waals surface area contributed by atoms with E-state index in [4.69, 9.17) is 16.6 Å². The molecule has 1 aromatic heterocycles. The molecule has 17 heavy (non-hydrogen) atoms. The lowest BCUT2D eigenvalue weighted by molar-refractivity contribution is 0.618. The molecule has 2 rings (SSSR count). The minimum Gasteiger partial charge on any atom is -0.358 e. The molecule has 0 aliphatic carbocycles. The molecular weight excluding hydrogens is 234 g/mol. The lowest BCUT2D eigenvalue weighted by Crippen LogP contribution is -2.28. The van der Waals surface area contributed by atoms with Crippen LogP contribution in [-0.2, 0) is 13.0 Å². The predicted molar refractivity (Wildman–Crippen MR) is 72.8 cm³/mol. The van der Waals surface area contributed by atoms with Gasteiger partial charge in [-0.3, -0.25) is 0 Å². The van der Waals surface area contributed by atoms with Crippen molar-refractivity contribution >= 4 is 17.4 Å². The van der Waals surface area contributed by atoms with E-state index in [1.807, 2.05) is 0 Å². The fourth-order valence-electron chi connectivity index (χ4n) is 2.26. The van der Waals surface area contributed by atoms with Gasteiger partial charge >= 0.3 is 0 Å². The minimum atomic E-state index is 0.607. The molecule has 1 aliphatic heterocycles. The Morgan fingerprint density at radius 2 is 2.29 bits per heavy atom. The number of pyridine rings is 1. The number of rotatable bonds is 3. The smallest absolute Gasteiger partial charge is 0.147 e. The van der Waals surface area contributed by atoms with Crippen LogP contribution in [-0.4, -0.2) is 25.1 Å². The summed E-state index contributed by atoms with van der Waals surface area (Å²) in [5.74, 6) is 1.52. The molecule has 0 radical (unpaired) electrons. The quantitative estimate of drug-likeness (QED) is 0.897. The van der Waals surface area contributed by atoms with Crippen LogP contribution >= 0.6 is 11.6 Å². The maximum Gasteiger partial charge on any atom is 0.147 e. The van der Waals surface area contributed by atoms with E-state index in [-0.39, 0.29) is 0 Å². The van der Waals surface area contributed by atoms with Gasteiger partial charge in [-0.1, -0.05) is 25.4 Å². The van der Waals surface area contributed by atoms with Gasteiger partial charge in [0.25, 0.3) is 0 Å². The largest absolute Gasteiger partial charge is 0.358 e. The van der Waals surface area contributed by atoms with Gasteiger partial charge in [-0.15, -0.1) is 0 Å². The van der Waals surface area contributed by atoms with Crippen LogP contribution < -0.4 is 10.2 Å².